The van der Waals surface area contributed by atoms with Crippen molar-refractivity contribution in [3.8, 4) is 17.2 Å². The zero-order valence-corrected chi connectivity index (χ0v) is 16.4. The fraction of sp³-hybridized carbons (Fsp3) is 0.143. The fourth-order valence-corrected chi connectivity index (χ4v) is 3.71. The Balaban J connectivity index is 1.79. The number of sulfonamides is 1. The molecule has 0 radical (unpaired) electrons. The summed E-state index contributed by atoms with van der Waals surface area (Å²) in [6, 6.07) is 21.1. The van der Waals surface area contributed by atoms with E-state index in [1.807, 2.05) is 37.2 Å². The Hall–Kier alpha value is -3.21. The number of benzene rings is 2. The first-order valence-corrected chi connectivity index (χ1v) is 10.1. The quantitative estimate of drug-likeness (QED) is 0.694. The highest BCUT2D eigenvalue weighted by molar-refractivity contribution is 7.92. The van der Waals surface area contributed by atoms with Crippen molar-refractivity contribution in [3.63, 3.8) is 0 Å². The van der Waals surface area contributed by atoms with E-state index in [0.29, 0.717) is 12.1 Å². The highest BCUT2D eigenvalue weighted by atomic mass is 32.2. The minimum atomic E-state index is -3.74. The zero-order valence-electron chi connectivity index (χ0n) is 15.6. The predicted molar refractivity (Wildman–Crippen MR) is 109 cm³/mol. The Labute approximate surface area is 165 Å². The second kappa shape index (κ2) is 8.21. The molecule has 0 unspecified atom stereocenters. The number of anilines is 1. The third kappa shape index (κ3) is 4.74. The average molecular weight is 392 g/mol. The fourth-order valence-electron chi connectivity index (χ4n) is 2.71. The van der Waals surface area contributed by atoms with E-state index in [4.69, 9.17) is 5.26 Å². The number of nitriles is 1. The Morgan fingerprint density at radius 2 is 1.57 bits per heavy atom. The van der Waals surface area contributed by atoms with E-state index in [-0.39, 0.29) is 10.7 Å². The van der Waals surface area contributed by atoms with Crippen LogP contribution in [0.5, 0.6) is 0 Å². The number of nitrogens with one attached hydrogen (secondary N) is 1. The van der Waals surface area contributed by atoms with Gasteiger partial charge in [0.2, 0.25) is 0 Å². The van der Waals surface area contributed by atoms with Crippen LogP contribution < -0.4 is 4.72 Å². The zero-order chi connectivity index (χ0) is 20.1. The van der Waals surface area contributed by atoms with Crippen molar-refractivity contribution in [2.24, 2.45) is 0 Å². The predicted octanol–water partition coefficient (Wildman–Crippen LogP) is 3.48. The van der Waals surface area contributed by atoms with Crippen LogP contribution in [0.2, 0.25) is 0 Å². The average Bonchev–Trinajstić information content (AvgIpc) is 2.67. The van der Waals surface area contributed by atoms with Crippen molar-refractivity contribution < 1.29 is 8.42 Å². The summed E-state index contributed by atoms with van der Waals surface area (Å²) in [5.41, 5.74) is 3.14. The molecule has 0 saturated carbocycles. The van der Waals surface area contributed by atoms with E-state index in [9.17, 15) is 8.42 Å². The van der Waals surface area contributed by atoms with Crippen molar-refractivity contribution in [3.05, 3.63) is 78.0 Å². The minimum absolute atomic E-state index is 0.157. The highest BCUT2D eigenvalue weighted by Gasteiger charge is 2.15. The number of aromatic nitrogens is 1. The van der Waals surface area contributed by atoms with Crippen LogP contribution in [-0.4, -0.2) is 32.4 Å². The normalized spacial score (nSPS) is 11.2. The van der Waals surface area contributed by atoms with Crippen molar-refractivity contribution in [2.75, 3.05) is 18.8 Å². The number of rotatable bonds is 6. The van der Waals surface area contributed by atoms with Gasteiger partial charge in [0.25, 0.3) is 10.0 Å². The number of pyridine rings is 1. The van der Waals surface area contributed by atoms with Gasteiger partial charge >= 0.3 is 0 Å². The van der Waals surface area contributed by atoms with E-state index < -0.39 is 10.0 Å². The summed E-state index contributed by atoms with van der Waals surface area (Å²) in [5.74, 6) is 0.288. The van der Waals surface area contributed by atoms with E-state index in [2.05, 4.69) is 15.8 Å². The van der Waals surface area contributed by atoms with Gasteiger partial charge < -0.3 is 4.90 Å². The second-order valence-electron chi connectivity index (χ2n) is 6.57. The molecular formula is C21H20N4O2S. The first-order valence-electron chi connectivity index (χ1n) is 8.61. The summed E-state index contributed by atoms with van der Waals surface area (Å²) >= 11 is 0. The molecule has 0 bridgehead atoms. The third-order valence-corrected chi connectivity index (χ3v) is 5.41. The molecule has 0 aliphatic rings. The molecule has 1 N–H and O–H groups in total. The van der Waals surface area contributed by atoms with E-state index >= 15 is 0 Å². The Bertz CT molecular complexity index is 1100. The molecule has 0 fully saturated rings. The second-order valence-corrected chi connectivity index (χ2v) is 8.25. The summed E-state index contributed by atoms with van der Waals surface area (Å²) in [7, 11) is 0.112. The van der Waals surface area contributed by atoms with Gasteiger partial charge in [-0.3, -0.25) is 4.72 Å². The Morgan fingerprint density at radius 1 is 0.964 bits per heavy atom. The largest absolute Gasteiger partial charge is 0.304 e. The molecule has 7 heteroatoms. The lowest BCUT2D eigenvalue weighted by Gasteiger charge is -2.12. The molecule has 0 amide bonds. The highest BCUT2D eigenvalue weighted by Crippen LogP contribution is 2.23. The molecule has 3 rings (SSSR count). The smallest absolute Gasteiger partial charge is 0.263 e. The van der Waals surface area contributed by atoms with Gasteiger partial charge in [0.1, 0.15) is 5.82 Å². The summed E-state index contributed by atoms with van der Waals surface area (Å²) in [4.78, 5) is 6.46. The first-order chi connectivity index (χ1) is 13.4. The van der Waals surface area contributed by atoms with Gasteiger partial charge in [0.05, 0.1) is 22.2 Å². The monoisotopic (exact) mass is 392 g/mol. The van der Waals surface area contributed by atoms with Gasteiger partial charge in [-0.15, -0.1) is 0 Å². The van der Waals surface area contributed by atoms with Crippen molar-refractivity contribution in [2.45, 2.75) is 11.4 Å². The molecule has 0 spiro atoms. The maximum Gasteiger partial charge on any atom is 0.263 e. The molecule has 0 aliphatic carbocycles. The van der Waals surface area contributed by atoms with Gasteiger partial charge in [0.15, 0.2) is 0 Å². The standard InChI is InChI=1S/C21H20N4O2S/c1-25(2)15-19-4-3-5-21(23-19)24-28(26,27)20-12-10-18(11-13-20)17-8-6-16(14-22)7-9-17/h3-13H,15H2,1-2H3,(H,23,24). The Kier molecular flexibility index (Phi) is 5.73. The molecule has 0 atom stereocenters. The summed E-state index contributed by atoms with van der Waals surface area (Å²) in [5, 5.41) is 8.87. The summed E-state index contributed by atoms with van der Waals surface area (Å²) < 4.78 is 27.9. The Morgan fingerprint density at radius 3 is 2.14 bits per heavy atom. The van der Waals surface area contributed by atoms with Crippen LogP contribution in [0.1, 0.15) is 11.3 Å². The molecule has 0 saturated heterocycles. The lowest BCUT2D eigenvalue weighted by Crippen LogP contribution is -2.16. The maximum absolute atomic E-state index is 12.7. The van der Waals surface area contributed by atoms with Gasteiger partial charge in [-0.2, -0.15) is 5.26 Å². The van der Waals surface area contributed by atoms with Crippen molar-refractivity contribution in [1.82, 2.24) is 9.88 Å². The topological polar surface area (TPSA) is 86.1 Å². The van der Waals surface area contributed by atoms with E-state index in [0.717, 1.165) is 16.8 Å². The van der Waals surface area contributed by atoms with Gasteiger partial charge in [-0.05, 0) is 61.6 Å². The summed E-state index contributed by atoms with van der Waals surface area (Å²) in [6.45, 7) is 0.620. The van der Waals surface area contributed by atoms with Crippen LogP contribution in [0.15, 0.2) is 71.6 Å². The molecule has 6 nitrogen and oxygen atoms in total. The van der Waals surface area contributed by atoms with E-state index in [1.165, 1.54) is 0 Å². The molecule has 1 heterocycles. The SMILES string of the molecule is CN(C)Cc1cccc(NS(=O)(=O)c2ccc(-c3ccc(C#N)cc3)cc2)n1. The summed E-state index contributed by atoms with van der Waals surface area (Å²) in [6.07, 6.45) is 0. The molecule has 0 aliphatic heterocycles. The van der Waals surface area contributed by atoms with Crippen LogP contribution in [0.4, 0.5) is 5.82 Å². The maximum atomic E-state index is 12.7. The van der Waals surface area contributed by atoms with E-state index in [1.54, 1.807) is 48.5 Å². The first kappa shape index (κ1) is 19.5. The number of nitrogens with zero attached hydrogens (tertiary/aromatic N) is 3. The number of hydrogen-bond acceptors (Lipinski definition) is 5. The number of hydrogen-bond donors (Lipinski definition) is 1. The molecule has 1 aromatic heterocycles. The van der Waals surface area contributed by atoms with Crippen LogP contribution in [0, 0.1) is 11.3 Å². The molecule has 3 aromatic rings. The van der Waals surface area contributed by atoms with Crippen molar-refractivity contribution >= 4 is 15.8 Å². The van der Waals surface area contributed by atoms with Gasteiger partial charge in [-0.1, -0.05) is 30.3 Å². The minimum Gasteiger partial charge on any atom is -0.304 e. The van der Waals surface area contributed by atoms with Gasteiger partial charge in [0, 0.05) is 6.54 Å². The van der Waals surface area contributed by atoms with Crippen molar-refractivity contribution in [1.29, 1.82) is 5.26 Å². The van der Waals surface area contributed by atoms with Crippen LogP contribution >= 0.6 is 0 Å². The van der Waals surface area contributed by atoms with Crippen LogP contribution in [0.3, 0.4) is 0 Å². The third-order valence-electron chi connectivity index (χ3n) is 4.04. The van der Waals surface area contributed by atoms with Crippen LogP contribution in [-0.2, 0) is 16.6 Å². The molecule has 2 aromatic carbocycles. The lowest BCUT2D eigenvalue weighted by molar-refractivity contribution is 0.397. The molecule has 28 heavy (non-hydrogen) atoms. The van der Waals surface area contributed by atoms with Gasteiger partial charge in [-0.25, -0.2) is 13.4 Å². The van der Waals surface area contributed by atoms with Crippen LogP contribution in [0.25, 0.3) is 11.1 Å². The lowest BCUT2D eigenvalue weighted by atomic mass is 10.0. The molecule has 142 valence electrons. The molecular weight excluding hydrogens is 372 g/mol.